The summed E-state index contributed by atoms with van der Waals surface area (Å²) in [7, 11) is 0. The summed E-state index contributed by atoms with van der Waals surface area (Å²) in [6.45, 7) is 4.43. The van der Waals surface area contributed by atoms with Gasteiger partial charge in [0, 0.05) is 4.88 Å². The molecule has 2 aromatic rings. The van der Waals surface area contributed by atoms with Gasteiger partial charge in [0.15, 0.2) is 0 Å². The lowest BCUT2D eigenvalue weighted by Gasteiger charge is -2.04. The van der Waals surface area contributed by atoms with Crippen LogP contribution >= 0.6 is 11.3 Å². The van der Waals surface area contributed by atoms with Crippen LogP contribution in [0.1, 0.15) is 30.9 Å². The van der Waals surface area contributed by atoms with E-state index in [1.165, 1.54) is 40.8 Å². The molecule has 0 aliphatic carbocycles. The van der Waals surface area contributed by atoms with Crippen molar-refractivity contribution >= 4 is 11.3 Å². The van der Waals surface area contributed by atoms with Crippen LogP contribution in [0.25, 0.3) is 10.4 Å². The Bertz CT molecular complexity index is 454. The minimum atomic E-state index is 1.20. The minimum absolute atomic E-state index is 1.20. The van der Waals surface area contributed by atoms with E-state index < -0.39 is 0 Å². The Morgan fingerprint density at radius 3 is 2.75 bits per heavy atom. The third kappa shape index (κ3) is 2.53. The lowest BCUT2D eigenvalue weighted by Crippen LogP contribution is -1.85. The van der Waals surface area contributed by atoms with Gasteiger partial charge in [-0.15, -0.1) is 11.3 Å². The van der Waals surface area contributed by atoms with Gasteiger partial charge in [-0.3, -0.25) is 0 Å². The lowest BCUT2D eigenvalue weighted by molar-refractivity contribution is 0.795. The standard InChI is InChI=1S/C15H18S/c1-3-4-6-13-7-5-8-14(11-13)15-12(2)9-10-16-15/h5,7-11H,3-4,6H2,1-2H3. The quantitative estimate of drug-likeness (QED) is 0.688. The molecular weight excluding hydrogens is 212 g/mol. The van der Waals surface area contributed by atoms with Crippen LogP contribution in [0.3, 0.4) is 0 Å². The van der Waals surface area contributed by atoms with Crippen molar-refractivity contribution in [3.8, 4) is 10.4 Å². The highest BCUT2D eigenvalue weighted by atomic mass is 32.1. The zero-order valence-corrected chi connectivity index (χ0v) is 10.8. The monoisotopic (exact) mass is 230 g/mol. The van der Waals surface area contributed by atoms with Crippen molar-refractivity contribution in [3.63, 3.8) is 0 Å². The van der Waals surface area contributed by atoms with Gasteiger partial charge < -0.3 is 0 Å². The molecular formula is C15H18S. The molecule has 0 aliphatic heterocycles. The number of thiophene rings is 1. The van der Waals surface area contributed by atoms with Crippen LogP contribution in [0.15, 0.2) is 35.7 Å². The zero-order valence-electron chi connectivity index (χ0n) is 9.99. The smallest absolute Gasteiger partial charge is 0.0371 e. The van der Waals surface area contributed by atoms with E-state index in [1.54, 1.807) is 0 Å². The molecule has 0 aliphatic rings. The molecule has 0 saturated heterocycles. The molecule has 2 rings (SSSR count). The molecule has 16 heavy (non-hydrogen) atoms. The summed E-state index contributed by atoms with van der Waals surface area (Å²) < 4.78 is 0. The van der Waals surface area contributed by atoms with Crippen molar-refractivity contribution in [3.05, 3.63) is 46.8 Å². The summed E-state index contributed by atoms with van der Waals surface area (Å²) in [6.07, 6.45) is 3.75. The molecule has 0 amide bonds. The van der Waals surface area contributed by atoms with Crippen LogP contribution in [0.2, 0.25) is 0 Å². The molecule has 0 saturated carbocycles. The Balaban J connectivity index is 2.26. The van der Waals surface area contributed by atoms with Crippen molar-refractivity contribution < 1.29 is 0 Å². The second-order valence-electron chi connectivity index (χ2n) is 4.24. The van der Waals surface area contributed by atoms with Crippen LogP contribution in [0.5, 0.6) is 0 Å². The van der Waals surface area contributed by atoms with Crippen molar-refractivity contribution in [2.45, 2.75) is 33.1 Å². The molecule has 0 N–H and O–H groups in total. The maximum absolute atomic E-state index is 2.34. The number of unbranched alkanes of at least 4 members (excludes halogenated alkanes) is 1. The summed E-state index contributed by atoms with van der Waals surface area (Å²) >= 11 is 1.84. The average Bonchev–Trinajstić information content (AvgIpc) is 2.73. The van der Waals surface area contributed by atoms with Crippen molar-refractivity contribution in [1.82, 2.24) is 0 Å². The molecule has 0 fully saturated rings. The molecule has 0 bridgehead atoms. The zero-order chi connectivity index (χ0) is 11.4. The van der Waals surface area contributed by atoms with E-state index >= 15 is 0 Å². The molecule has 0 atom stereocenters. The number of aryl methyl sites for hydroxylation is 2. The van der Waals surface area contributed by atoms with Gasteiger partial charge in [-0.25, -0.2) is 0 Å². The van der Waals surface area contributed by atoms with Crippen LogP contribution in [0, 0.1) is 6.92 Å². The second kappa shape index (κ2) is 5.31. The van der Waals surface area contributed by atoms with Crippen molar-refractivity contribution in [2.24, 2.45) is 0 Å². The molecule has 0 radical (unpaired) electrons. The van der Waals surface area contributed by atoms with E-state index in [1.807, 2.05) is 11.3 Å². The Morgan fingerprint density at radius 1 is 1.19 bits per heavy atom. The van der Waals surface area contributed by atoms with Crippen molar-refractivity contribution in [1.29, 1.82) is 0 Å². The van der Waals surface area contributed by atoms with Gasteiger partial charge in [0.1, 0.15) is 0 Å². The topological polar surface area (TPSA) is 0 Å². The van der Waals surface area contributed by atoms with Crippen LogP contribution in [-0.4, -0.2) is 0 Å². The summed E-state index contributed by atoms with van der Waals surface area (Å²) in [5, 5.41) is 2.17. The molecule has 1 heteroatoms. The first-order chi connectivity index (χ1) is 7.81. The largest absolute Gasteiger partial charge is 0.144 e. The summed E-state index contributed by atoms with van der Waals surface area (Å²) in [5.41, 5.74) is 4.23. The van der Waals surface area contributed by atoms with Crippen molar-refractivity contribution in [2.75, 3.05) is 0 Å². The highest BCUT2D eigenvalue weighted by Gasteiger charge is 2.03. The molecule has 84 valence electrons. The van der Waals surface area contributed by atoms with E-state index in [-0.39, 0.29) is 0 Å². The fraction of sp³-hybridized carbons (Fsp3) is 0.333. The van der Waals surface area contributed by atoms with E-state index in [0.717, 1.165) is 0 Å². The molecule has 0 unspecified atom stereocenters. The number of benzene rings is 1. The summed E-state index contributed by atoms with van der Waals surface area (Å²) in [4.78, 5) is 1.42. The Hall–Kier alpha value is -1.08. The van der Waals surface area contributed by atoms with Crippen LogP contribution < -0.4 is 0 Å². The first-order valence-electron chi connectivity index (χ1n) is 5.94. The van der Waals surface area contributed by atoms with Gasteiger partial charge >= 0.3 is 0 Å². The maximum atomic E-state index is 2.34. The van der Waals surface area contributed by atoms with E-state index in [0.29, 0.717) is 0 Å². The Kier molecular flexibility index (Phi) is 3.79. The third-order valence-corrected chi connectivity index (χ3v) is 3.94. The third-order valence-electron chi connectivity index (χ3n) is 2.87. The predicted octanol–water partition coefficient (Wildman–Crippen LogP) is 5.07. The van der Waals surface area contributed by atoms with Gasteiger partial charge in [-0.2, -0.15) is 0 Å². The van der Waals surface area contributed by atoms with Crippen LogP contribution in [0.4, 0.5) is 0 Å². The maximum Gasteiger partial charge on any atom is 0.0371 e. The normalized spacial score (nSPS) is 10.6. The summed E-state index contributed by atoms with van der Waals surface area (Å²) in [6, 6.07) is 11.2. The predicted molar refractivity (Wildman–Crippen MR) is 73.1 cm³/mol. The Morgan fingerprint density at radius 2 is 2.06 bits per heavy atom. The second-order valence-corrected chi connectivity index (χ2v) is 5.15. The number of hydrogen-bond acceptors (Lipinski definition) is 1. The van der Waals surface area contributed by atoms with E-state index in [4.69, 9.17) is 0 Å². The van der Waals surface area contributed by atoms with E-state index in [9.17, 15) is 0 Å². The number of hydrogen-bond donors (Lipinski definition) is 0. The fourth-order valence-corrected chi connectivity index (χ4v) is 2.84. The SMILES string of the molecule is CCCCc1cccc(-c2sccc2C)c1. The minimum Gasteiger partial charge on any atom is -0.144 e. The highest BCUT2D eigenvalue weighted by Crippen LogP contribution is 2.29. The molecule has 0 nitrogen and oxygen atoms in total. The van der Waals surface area contributed by atoms with Gasteiger partial charge in [0.25, 0.3) is 0 Å². The first kappa shape index (κ1) is 11.4. The molecule has 1 aromatic carbocycles. The molecule has 1 heterocycles. The Labute approximate surface area is 102 Å². The van der Waals surface area contributed by atoms with Gasteiger partial charge in [0.2, 0.25) is 0 Å². The highest BCUT2D eigenvalue weighted by molar-refractivity contribution is 7.13. The molecule has 0 spiro atoms. The number of rotatable bonds is 4. The molecule has 1 aromatic heterocycles. The fourth-order valence-electron chi connectivity index (χ4n) is 1.92. The first-order valence-corrected chi connectivity index (χ1v) is 6.82. The van der Waals surface area contributed by atoms with Gasteiger partial charge in [-0.05, 0) is 47.9 Å². The van der Waals surface area contributed by atoms with Crippen LogP contribution in [-0.2, 0) is 6.42 Å². The lowest BCUT2D eigenvalue weighted by atomic mass is 10.0. The van der Waals surface area contributed by atoms with Gasteiger partial charge in [-0.1, -0.05) is 37.6 Å². The van der Waals surface area contributed by atoms with Gasteiger partial charge in [0.05, 0.1) is 0 Å². The summed E-state index contributed by atoms with van der Waals surface area (Å²) in [5.74, 6) is 0. The van der Waals surface area contributed by atoms with E-state index in [2.05, 4.69) is 49.6 Å². The average molecular weight is 230 g/mol.